The zero-order valence-electron chi connectivity index (χ0n) is 14.3. The van der Waals surface area contributed by atoms with Gasteiger partial charge in [0.2, 0.25) is 0 Å². The fourth-order valence-corrected chi connectivity index (χ4v) is 4.28. The standard InChI is InChI=1S/C20H24N2O3/c21-12-15-1-3-16(4-2-15)19(25)17-7-10-20(13-22-17)8-5-14(6-9-20)11-18(23)24/h1-4,14,17,22H,5-11,13H2,(H,23,24). The number of carboxylic acid groups (broad SMARTS) is 1. The number of benzene rings is 1. The Labute approximate surface area is 148 Å². The zero-order chi connectivity index (χ0) is 17.9. The number of carbonyl (C=O) groups is 2. The van der Waals surface area contributed by atoms with E-state index < -0.39 is 5.97 Å². The van der Waals surface area contributed by atoms with Crippen molar-refractivity contribution in [2.75, 3.05) is 6.54 Å². The van der Waals surface area contributed by atoms with Crippen molar-refractivity contribution in [3.05, 3.63) is 35.4 Å². The Kier molecular flexibility index (Phi) is 5.19. The van der Waals surface area contributed by atoms with Crippen molar-refractivity contribution < 1.29 is 14.7 Å². The molecule has 2 fully saturated rings. The highest BCUT2D eigenvalue weighted by Gasteiger charge is 2.40. The number of carboxylic acids is 1. The van der Waals surface area contributed by atoms with Gasteiger partial charge in [-0.1, -0.05) is 12.1 Å². The van der Waals surface area contributed by atoms with Gasteiger partial charge in [0.25, 0.3) is 0 Å². The zero-order valence-corrected chi connectivity index (χ0v) is 14.3. The molecule has 2 N–H and O–H groups in total. The van der Waals surface area contributed by atoms with Gasteiger partial charge in [-0.3, -0.25) is 9.59 Å². The summed E-state index contributed by atoms with van der Waals surface area (Å²) in [5.41, 5.74) is 1.44. The predicted octanol–water partition coefficient (Wildman–Crippen LogP) is 3.14. The molecule has 1 unspecified atom stereocenters. The fourth-order valence-electron chi connectivity index (χ4n) is 4.28. The minimum Gasteiger partial charge on any atom is -0.481 e. The smallest absolute Gasteiger partial charge is 0.303 e. The van der Waals surface area contributed by atoms with E-state index >= 15 is 0 Å². The second-order valence-electron chi connectivity index (χ2n) is 7.57. The van der Waals surface area contributed by atoms with E-state index in [0.29, 0.717) is 17.0 Å². The largest absolute Gasteiger partial charge is 0.481 e. The third-order valence-corrected chi connectivity index (χ3v) is 5.93. The lowest BCUT2D eigenvalue weighted by atomic mass is 9.65. The molecule has 1 aromatic rings. The van der Waals surface area contributed by atoms with Gasteiger partial charge in [0.15, 0.2) is 5.78 Å². The molecular formula is C20H24N2O3. The van der Waals surface area contributed by atoms with E-state index in [1.165, 1.54) is 0 Å². The van der Waals surface area contributed by atoms with Crippen LogP contribution in [0.1, 0.15) is 60.9 Å². The minimum absolute atomic E-state index is 0.0962. The van der Waals surface area contributed by atoms with E-state index in [4.69, 9.17) is 10.4 Å². The third kappa shape index (κ3) is 4.08. The quantitative estimate of drug-likeness (QED) is 0.822. The highest BCUT2D eigenvalue weighted by Crippen LogP contribution is 2.45. The molecule has 1 saturated carbocycles. The number of hydrogen-bond donors (Lipinski definition) is 2. The number of piperidine rings is 1. The lowest BCUT2D eigenvalue weighted by Crippen LogP contribution is -2.50. The molecule has 3 rings (SSSR count). The lowest BCUT2D eigenvalue weighted by molar-refractivity contribution is -0.138. The summed E-state index contributed by atoms with van der Waals surface area (Å²) in [4.78, 5) is 23.5. The second-order valence-corrected chi connectivity index (χ2v) is 7.57. The molecule has 25 heavy (non-hydrogen) atoms. The number of nitrogens with one attached hydrogen (secondary N) is 1. The first-order chi connectivity index (χ1) is 12.0. The summed E-state index contributed by atoms with van der Waals surface area (Å²) in [6.45, 7) is 0.833. The summed E-state index contributed by atoms with van der Waals surface area (Å²) >= 11 is 0. The second kappa shape index (κ2) is 7.37. The van der Waals surface area contributed by atoms with Crippen LogP contribution in [0.15, 0.2) is 24.3 Å². The molecular weight excluding hydrogens is 316 g/mol. The Hall–Kier alpha value is -2.19. The van der Waals surface area contributed by atoms with Gasteiger partial charge in [0.05, 0.1) is 17.7 Å². The Morgan fingerprint density at radius 2 is 1.80 bits per heavy atom. The Morgan fingerprint density at radius 3 is 2.32 bits per heavy atom. The van der Waals surface area contributed by atoms with E-state index in [-0.39, 0.29) is 23.7 Å². The van der Waals surface area contributed by atoms with Crippen molar-refractivity contribution in [2.45, 2.75) is 51.0 Å². The highest BCUT2D eigenvalue weighted by molar-refractivity contribution is 6.00. The number of rotatable bonds is 4. The summed E-state index contributed by atoms with van der Waals surface area (Å²) in [5, 5.41) is 21.2. The first-order valence-electron chi connectivity index (χ1n) is 9.01. The van der Waals surface area contributed by atoms with Gasteiger partial charge in [-0.05, 0) is 62.0 Å². The SMILES string of the molecule is N#Cc1ccc(C(=O)C2CCC3(CCC(CC(=O)O)CC3)CN2)cc1. The third-order valence-electron chi connectivity index (χ3n) is 5.93. The van der Waals surface area contributed by atoms with Crippen LogP contribution in [0.2, 0.25) is 0 Å². The molecule has 5 heteroatoms. The van der Waals surface area contributed by atoms with Crippen LogP contribution in [-0.2, 0) is 4.79 Å². The topological polar surface area (TPSA) is 90.2 Å². The number of nitriles is 1. The monoisotopic (exact) mass is 340 g/mol. The highest BCUT2D eigenvalue weighted by atomic mass is 16.4. The van der Waals surface area contributed by atoms with Crippen LogP contribution in [0.5, 0.6) is 0 Å². The predicted molar refractivity (Wildman–Crippen MR) is 93.2 cm³/mol. The van der Waals surface area contributed by atoms with Gasteiger partial charge in [0, 0.05) is 18.5 Å². The molecule has 1 heterocycles. The van der Waals surface area contributed by atoms with Gasteiger partial charge in [-0.15, -0.1) is 0 Å². The fraction of sp³-hybridized carbons (Fsp3) is 0.550. The maximum Gasteiger partial charge on any atom is 0.303 e. The molecule has 132 valence electrons. The van der Waals surface area contributed by atoms with Crippen LogP contribution in [0.3, 0.4) is 0 Å². The van der Waals surface area contributed by atoms with Gasteiger partial charge >= 0.3 is 5.97 Å². The molecule has 0 radical (unpaired) electrons. The van der Waals surface area contributed by atoms with Crippen LogP contribution in [0.4, 0.5) is 0 Å². The molecule has 0 bridgehead atoms. The lowest BCUT2D eigenvalue weighted by Gasteiger charge is -2.45. The van der Waals surface area contributed by atoms with Crippen LogP contribution in [-0.4, -0.2) is 29.4 Å². The van der Waals surface area contributed by atoms with E-state index in [2.05, 4.69) is 11.4 Å². The van der Waals surface area contributed by atoms with E-state index in [0.717, 1.165) is 45.1 Å². The molecule has 1 atom stereocenters. The average Bonchev–Trinajstić information content (AvgIpc) is 2.64. The van der Waals surface area contributed by atoms with Crippen molar-refractivity contribution in [3.8, 4) is 6.07 Å². The molecule has 1 saturated heterocycles. The Morgan fingerprint density at radius 1 is 1.16 bits per heavy atom. The molecule has 1 aliphatic heterocycles. The molecule has 2 aliphatic rings. The molecule has 5 nitrogen and oxygen atoms in total. The molecule has 1 spiro atoms. The number of hydrogen-bond acceptors (Lipinski definition) is 4. The molecule has 1 aliphatic carbocycles. The van der Waals surface area contributed by atoms with E-state index in [9.17, 15) is 9.59 Å². The van der Waals surface area contributed by atoms with Gasteiger partial charge in [-0.2, -0.15) is 5.26 Å². The van der Waals surface area contributed by atoms with Crippen molar-refractivity contribution in [2.24, 2.45) is 11.3 Å². The number of ketones is 1. The van der Waals surface area contributed by atoms with E-state index in [1.807, 2.05) is 0 Å². The minimum atomic E-state index is -0.698. The molecule has 1 aromatic carbocycles. The van der Waals surface area contributed by atoms with Crippen molar-refractivity contribution in [1.82, 2.24) is 5.32 Å². The number of carbonyl (C=O) groups excluding carboxylic acids is 1. The van der Waals surface area contributed by atoms with Crippen molar-refractivity contribution in [1.29, 1.82) is 5.26 Å². The van der Waals surface area contributed by atoms with Crippen LogP contribution in [0, 0.1) is 22.7 Å². The van der Waals surface area contributed by atoms with Crippen LogP contribution in [0.25, 0.3) is 0 Å². The first-order valence-corrected chi connectivity index (χ1v) is 9.01. The molecule has 0 amide bonds. The summed E-state index contributed by atoms with van der Waals surface area (Å²) in [6.07, 6.45) is 6.17. The summed E-state index contributed by atoms with van der Waals surface area (Å²) in [5.74, 6) is -0.296. The van der Waals surface area contributed by atoms with Gasteiger partial charge in [0.1, 0.15) is 0 Å². The number of aliphatic carboxylic acids is 1. The average molecular weight is 340 g/mol. The maximum absolute atomic E-state index is 12.6. The molecule has 0 aromatic heterocycles. The van der Waals surface area contributed by atoms with Gasteiger partial charge in [-0.25, -0.2) is 0 Å². The normalized spacial score (nSPS) is 29.1. The van der Waals surface area contributed by atoms with Crippen molar-refractivity contribution >= 4 is 11.8 Å². The number of Topliss-reactive ketones (excluding diaryl/α,β-unsaturated/α-hetero) is 1. The summed E-state index contributed by atoms with van der Waals surface area (Å²) in [6, 6.07) is 8.72. The summed E-state index contributed by atoms with van der Waals surface area (Å²) < 4.78 is 0. The van der Waals surface area contributed by atoms with E-state index in [1.54, 1.807) is 24.3 Å². The van der Waals surface area contributed by atoms with Crippen LogP contribution >= 0.6 is 0 Å². The first kappa shape index (κ1) is 17.6. The number of nitrogens with zero attached hydrogens (tertiary/aromatic N) is 1. The maximum atomic E-state index is 12.6. The van der Waals surface area contributed by atoms with Gasteiger partial charge < -0.3 is 10.4 Å². The summed E-state index contributed by atoms with van der Waals surface area (Å²) in [7, 11) is 0. The van der Waals surface area contributed by atoms with Crippen molar-refractivity contribution in [3.63, 3.8) is 0 Å². The Bertz CT molecular complexity index is 672. The van der Waals surface area contributed by atoms with Crippen LogP contribution < -0.4 is 5.32 Å². The Balaban J connectivity index is 1.54.